The number of nitrogens with zero attached hydrogens (tertiary/aromatic N) is 1. The van der Waals surface area contributed by atoms with Gasteiger partial charge in [0.1, 0.15) is 5.69 Å². The van der Waals surface area contributed by atoms with Crippen LogP contribution >= 0.6 is 0 Å². The summed E-state index contributed by atoms with van der Waals surface area (Å²) in [5.41, 5.74) is 0.393. The van der Waals surface area contributed by atoms with E-state index in [9.17, 15) is 18.7 Å². The van der Waals surface area contributed by atoms with Crippen LogP contribution in [0.4, 0.5) is 8.78 Å². The van der Waals surface area contributed by atoms with E-state index < -0.39 is 29.7 Å². The van der Waals surface area contributed by atoms with E-state index in [2.05, 4.69) is 10.3 Å². The number of rotatable bonds is 4. The molecular formula is C15H14F2N2O2. The molecule has 1 aromatic carbocycles. The van der Waals surface area contributed by atoms with Crippen LogP contribution in [-0.4, -0.2) is 22.0 Å². The number of halogens is 2. The minimum Gasteiger partial charge on any atom is -0.386 e. The average Bonchev–Trinajstić information content (AvgIpc) is 2.50. The Morgan fingerprint density at radius 2 is 2.00 bits per heavy atom. The molecule has 1 amide bonds. The second kappa shape index (κ2) is 6.41. The molecule has 0 spiro atoms. The van der Waals surface area contributed by atoms with Gasteiger partial charge < -0.3 is 10.4 Å². The first-order chi connectivity index (χ1) is 9.99. The predicted octanol–water partition coefficient (Wildman–Crippen LogP) is 2.21. The summed E-state index contributed by atoms with van der Waals surface area (Å²) in [5.74, 6) is -2.49. The summed E-state index contributed by atoms with van der Waals surface area (Å²) in [6.45, 7) is 1.56. The molecule has 1 aromatic heterocycles. The van der Waals surface area contributed by atoms with Gasteiger partial charge in [0.2, 0.25) is 0 Å². The largest absolute Gasteiger partial charge is 0.386 e. The Kier molecular flexibility index (Phi) is 4.59. The Labute approximate surface area is 120 Å². The van der Waals surface area contributed by atoms with Crippen molar-refractivity contribution in [2.75, 3.05) is 0 Å². The molecule has 0 aliphatic rings. The number of aliphatic hydroxyl groups excluding tert-OH is 1. The Hall–Kier alpha value is -2.34. The first-order valence-corrected chi connectivity index (χ1v) is 6.34. The minimum absolute atomic E-state index is 0.183. The van der Waals surface area contributed by atoms with Crippen LogP contribution in [0.15, 0.2) is 42.6 Å². The number of amides is 1. The fraction of sp³-hybridized carbons (Fsp3) is 0.200. The number of aromatic nitrogens is 1. The number of hydrogen-bond acceptors (Lipinski definition) is 3. The molecule has 2 atom stereocenters. The van der Waals surface area contributed by atoms with Gasteiger partial charge in [0.25, 0.3) is 5.91 Å². The Morgan fingerprint density at radius 1 is 1.24 bits per heavy atom. The summed E-state index contributed by atoms with van der Waals surface area (Å²) in [4.78, 5) is 15.8. The van der Waals surface area contributed by atoms with Crippen LogP contribution in [0, 0.1) is 11.6 Å². The van der Waals surface area contributed by atoms with Crippen molar-refractivity contribution < 1.29 is 18.7 Å². The number of pyridine rings is 1. The second-order valence-electron chi connectivity index (χ2n) is 4.60. The summed E-state index contributed by atoms with van der Waals surface area (Å²) >= 11 is 0. The highest BCUT2D eigenvalue weighted by Crippen LogP contribution is 2.19. The zero-order valence-electron chi connectivity index (χ0n) is 11.3. The van der Waals surface area contributed by atoms with E-state index >= 15 is 0 Å². The van der Waals surface area contributed by atoms with Gasteiger partial charge in [-0.15, -0.1) is 0 Å². The molecule has 0 saturated heterocycles. The summed E-state index contributed by atoms with van der Waals surface area (Å²) < 4.78 is 26.0. The quantitative estimate of drug-likeness (QED) is 0.908. The molecule has 0 fully saturated rings. The van der Waals surface area contributed by atoms with E-state index in [4.69, 9.17) is 0 Å². The molecular weight excluding hydrogens is 278 g/mol. The van der Waals surface area contributed by atoms with Gasteiger partial charge in [-0.2, -0.15) is 0 Å². The predicted molar refractivity (Wildman–Crippen MR) is 72.5 cm³/mol. The maximum Gasteiger partial charge on any atom is 0.270 e. The fourth-order valence-corrected chi connectivity index (χ4v) is 1.84. The van der Waals surface area contributed by atoms with E-state index in [0.29, 0.717) is 0 Å². The molecule has 6 heteroatoms. The van der Waals surface area contributed by atoms with Crippen molar-refractivity contribution in [3.05, 3.63) is 65.5 Å². The highest BCUT2D eigenvalue weighted by molar-refractivity contribution is 5.92. The van der Waals surface area contributed by atoms with Crippen LogP contribution < -0.4 is 5.32 Å². The number of aliphatic hydroxyl groups is 1. The van der Waals surface area contributed by atoms with Crippen molar-refractivity contribution in [2.24, 2.45) is 0 Å². The number of carbonyl (C=O) groups is 1. The van der Waals surface area contributed by atoms with Gasteiger partial charge >= 0.3 is 0 Å². The Balaban J connectivity index is 2.07. The first-order valence-electron chi connectivity index (χ1n) is 6.34. The molecule has 0 saturated carbocycles. The molecule has 4 nitrogen and oxygen atoms in total. The van der Waals surface area contributed by atoms with E-state index in [0.717, 1.165) is 12.1 Å². The van der Waals surface area contributed by atoms with Crippen molar-refractivity contribution in [1.82, 2.24) is 10.3 Å². The van der Waals surface area contributed by atoms with Crippen LogP contribution in [0.25, 0.3) is 0 Å². The summed E-state index contributed by atoms with van der Waals surface area (Å²) in [6.07, 6.45) is 0.318. The third-order valence-corrected chi connectivity index (χ3v) is 3.02. The third-order valence-electron chi connectivity index (χ3n) is 3.02. The minimum atomic E-state index is -1.16. The topological polar surface area (TPSA) is 62.2 Å². The normalized spacial score (nSPS) is 13.5. The smallest absolute Gasteiger partial charge is 0.270 e. The van der Waals surface area contributed by atoms with Crippen molar-refractivity contribution in [3.8, 4) is 0 Å². The summed E-state index contributed by atoms with van der Waals surface area (Å²) in [5, 5.41) is 12.6. The van der Waals surface area contributed by atoms with E-state index in [1.165, 1.54) is 18.3 Å². The van der Waals surface area contributed by atoms with Gasteiger partial charge in [-0.3, -0.25) is 9.78 Å². The third kappa shape index (κ3) is 3.61. The lowest BCUT2D eigenvalue weighted by Crippen LogP contribution is -2.37. The fourth-order valence-electron chi connectivity index (χ4n) is 1.84. The first kappa shape index (κ1) is 15.1. The van der Waals surface area contributed by atoms with Gasteiger partial charge in [0, 0.05) is 6.20 Å². The van der Waals surface area contributed by atoms with Crippen molar-refractivity contribution in [1.29, 1.82) is 0 Å². The number of carbonyl (C=O) groups excluding carboxylic acids is 1. The molecule has 2 N–H and O–H groups in total. The lowest BCUT2D eigenvalue weighted by Gasteiger charge is -2.20. The van der Waals surface area contributed by atoms with Gasteiger partial charge in [0.15, 0.2) is 11.6 Å². The van der Waals surface area contributed by atoms with Crippen LogP contribution in [0.1, 0.15) is 29.1 Å². The van der Waals surface area contributed by atoms with E-state index in [1.807, 2.05) is 0 Å². The monoisotopic (exact) mass is 292 g/mol. The molecule has 0 bridgehead atoms. The highest BCUT2D eigenvalue weighted by Gasteiger charge is 2.20. The number of nitrogens with one attached hydrogen (secondary N) is 1. The lowest BCUT2D eigenvalue weighted by atomic mass is 10.0. The van der Waals surface area contributed by atoms with Crippen molar-refractivity contribution in [3.63, 3.8) is 0 Å². The standard InChI is InChI=1S/C15H14F2N2O2/c1-9(19-15(21)13-4-2-3-7-18-13)14(20)10-5-6-11(16)12(17)8-10/h2-9,14,20H,1H3,(H,19,21)/t9-,14+/m1/s1. The molecule has 0 aliphatic heterocycles. The van der Waals surface area contributed by atoms with E-state index in [1.54, 1.807) is 19.1 Å². The molecule has 0 unspecified atom stereocenters. The van der Waals surface area contributed by atoms with Gasteiger partial charge in [-0.1, -0.05) is 12.1 Å². The lowest BCUT2D eigenvalue weighted by molar-refractivity contribution is 0.0846. The molecule has 1 heterocycles. The van der Waals surface area contributed by atoms with Gasteiger partial charge in [-0.25, -0.2) is 8.78 Å². The van der Waals surface area contributed by atoms with Gasteiger partial charge in [-0.05, 0) is 36.8 Å². The molecule has 0 radical (unpaired) electrons. The maximum atomic E-state index is 13.1. The molecule has 21 heavy (non-hydrogen) atoms. The second-order valence-corrected chi connectivity index (χ2v) is 4.60. The van der Waals surface area contributed by atoms with Crippen LogP contribution in [-0.2, 0) is 0 Å². The van der Waals surface area contributed by atoms with Crippen LogP contribution in [0.2, 0.25) is 0 Å². The maximum absolute atomic E-state index is 13.1. The molecule has 110 valence electrons. The van der Waals surface area contributed by atoms with Crippen molar-refractivity contribution in [2.45, 2.75) is 19.1 Å². The molecule has 2 aromatic rings. The van der Waals surface area contributed by atoms with E-state index in [-0.39, 0.29) is 11.3 Å². The average molecular weight is 292 g/mol. The zero-order chi connectivity index (χ0) is 15.4. The van der Waals surface area contributed by atoms with Crippen molar-refractivity contribution >= 4 is 5.91 Å². The summed E-state index contributed by atoms with van der Waals surface area (Å²) in [6, 6.07) is 7.29. The molecule has 2 rings (SSSR count). The summed E-state index contributed by atoms with van der Waals surface area (Å²) in [7, 11) is 0. The van der Waals surface area contributed by atoms with Crippen LogP contribution in [0.3, 0.4) is 0 Å². The Bertz CT molecular complexity index is 635. The highest BCUT2D eigenvalue weighted by atomic mass is 19.2. The van der Waals surface area contributed by atoms with Gasteiger partial charge in [0.05, 0.1) is 12.1 Å². The van der Waals surface area contributed by atoms with Crippen LogP contribution in [0.5, 0.6) is 0 Å². The number of benzene rings is 1. The molecule has 0 aliphatic carbocycles. The SMILES string of the molecule is C[C@@H](NC(=O)c1ccccn1)[C@H](O)c1ccc(F)c(F)c1. The number of hydrogen-bond donors (Lipinski definition) is 2. The Morgan fingerprint density at radius 3 is 2.62 bits per heavy atom. The zero-order valence-corrected chi connectivity index (χ0v) is 11.3.